The van der Waals surface area contributed by atoms with E-state index in [1.807, 2.05) is 0 Å². The van der Waals surface area contributed by atoms with Gasteiger partial charge in [-0.3, -0.25) is 19.7 Å². The Morgan fingerprint density at radius 1 is 1.27 bits per heavy atom. The van der Waals surface area contributed by atoms with Crippen molar-refractivity contribution in [1.82, 2.24) is 10.2 Å². The van der Waals surface area contributed by atoms with Crippen molar-refractivity contribution in [1.29, 1.82) is 0 Å². The Balaban J connectivity index is 1.55. The van der Waals surface area contributed by atoms with Crippen molar-refractivity contribution in [3.05, 3.63) is 68.7 Å². The lowest BCUT2D eigenvalue weighted by Crippen LogP contribution is -2.46. The summed E-state index contributed by atoms with van der Waals surface area (Å²) in [5.74, 6) is 0.113. The maximum atomic E-state index is 12.9. The summed E-state index contributed by atoms with van der Waals surface area (Å²) >= 11 is 5.83. The standard InChI is InChI=1S/C21H22ClN3O5/c1-14-13-15(4-9-18(14)25(28)29)21(27)24-11-2-3-19(24)20(26)23-10-12-30-17-7-5-16(22)6-8-17/h4-9,13,19H,2-3,10-12H2,1H3,(H,23,26). The van der Waals surface area contributed by atoms with Crippen molar-refractivity contribution in [2.24, 2.45) is 0 Å². The molecule has 9 heteroatoms. The predicted molar refractivity (Wildman–Crippen MR) is 112 cm³/mol. The van der Waals surface area contributed by atoms with Gasteiger partial charge >= 0.3 is 0 Å². The first-order valence-electron chi connectivity index (χ1n) is 9.59. The fraction of sp³-hybridized carbons (Fsp3) is 0.333. The van der Waals surface area contributed by atoms with E-state index in [4.69, 9.17) is 16.3 Å². The third-order valence-electron chi connectivity index (χ3n) is 4.94. The van der Waals surface area contributed by atoms with Crippen LogP contribution in [0.4, 0.5) is 5.69 Å². The van der Waals surface area contributed by atoms with Gasteiger partial charge in [0.25, 0.3) is 11.6 Å². The summed E-state index contributed by atoms with van der Waals surface area (Å²) in [6, 6.07) is 10.6. The highest BCUT2D eigenvalue weighted by molar-refractivity contribution is 6.30. The van der Waals surface area contributed by atoms with E-state index >= 15 is 0 Å². The number of likely N-dealkylation sites (tertiary alicyclic amines) is 1. The molecule has 0 spiro atoms. The predicted octanol–water partition coefficient (Wildman–Crippen LogP) is 3.36. The normalized spacial score (nSPS) is 15.7. The van der Waals surface area contributed by atoms with E-state index in [1.54, 1.807) is 31.2 Å². The number of carbonyl (C=O) groups is 2. The Hall–Kier alpha value is -3.13. The molecule has 0 radical (unpaired) electrons. The second-order valence-electron chi connectivity index (χ2n) is 7.01. The zero-order chi connectivity index (χ0) is 21.7. The van der Waals surface area contributed by atoms with Gasteiger partial charge in [-0.25, -0.2) is 0 Å². The summed E-state index contributed by atoms with van der Waals surface area (Å²) in [6.07, 6.45) is 1.29. The third kappa shape index (κ3) is 5.07. The minimum absolute atomic E-state index is 0.0389. The Morgan fingerprint density at radius 3 is 2.67 bits per heavy atom. The molecule has 1 unspecified atom stereocenters. The molecule has 1 atom stereocenters. The number of amides is 2. The molecular formula is C21H22ClN3O5. The Kier molecular flexibility index (Phi) is 6.89. The molecule has 2 aromatic carbocycles. The van der Waals surface area contributed by atoms with Crippen molar-refractivity contribution in [2.45, 2.75) is 25.8 Å². The summed E-state index contributed by atoms with van der Waals surface area (Å²) in [5.41, 5.74) is 0.706. The highest BCUT2D eigenvalue weighted by Crippen LogP contribution is 2.24. The van der Waals surface area contributed by atoms with E-state index in [-0.39, 0.29) is 24.1 Å². The SMILES string of the molecule is Cc1cc(C(=O)N2CCCC2C(=O)NCCOc2ccc(Cl)cc2)ccc1[N+](=O)[O-]. The average molecular weight is 432 g/mol. The van der Waals surface area contributed by atoms with Gasteiger partial charge in [-0.1, -0.05) is 11.6 Å². The van der Waals surface area contributed by atoms with Gasteiger partial charge in [-0.15, -0.1) is 0 Å². The van der Waals surface area contributed by atoms with Crippen molar-refractivity contribution >= 4 is 29.1 Å². The Labute approximate surface area is 178 Å². The minimum atomic E-state index is -0.566. The number of rotatable bonds is 7. The van der Waals surface area contributed by atoms with Crippen LogP contribution in [0.5, 0.6) is 5.75 Å². The molecule has 0 bridgehead atoms. The smallest absolute Gasteiger partial charge is 0.272 e. The number of nitrogens with one attached hydrogen (secondary N) is 1. The van der Waals surface area contributed by atoms with Gasteiger partial charge in [-0.05, 0) is 56.2 Å². The number of nitro groups is 1. The molecular weight excluding hydrogens is 410 g/mol. The molecule has 1 aliphatic heterocycles. The van der Waals surface area contributed by atoms with E-state index in [9.17, 15) is 19.7 Å². The largest absolute Gasteiger partial charge is 0.492 e. The topological polar surface area (TPSA) is 102 Å². The lowest BCUT2D eigenvalue weighted by molar-refractivity contribution is -0.385. The molecule has 3 rings (SSSR count). The van der Waals surface area contributed by atoms with E-state index in [0.29, 0.717) is 41.4 Å². The second kappa shape index (κ2) is 9.58. The molecule has 1 saturated heterocycles. The number of aryl methyl sites for hydroxylation is 1. The first-order chi connectivity index (χ1) is 14.4. The monoisotopic (exact) mass is 431 g/mol. The maximum absolute atomic E-state index is 12.9. The molecule has 0 aliphatic carbocycles. The van der Waals surface area contributed by atoms with Gasteiger partial charge < -0.3 is 15.0 Å². The summed E-state index contributed by atoms with van der Waals surface area (Å²) in [4.78, 5) is 37.5. The molecule has 1 fully saturated rings. The van der Waals surface area contributed by atoms with Crippen LogP contribution in [0, 0.1) is 17.0 Å². The van der Waals surface area contributed by atoms with Crippen LogP contribution in [-0.4, -0.2) is 47.4 Å². The van der Waals surface area contributed by atoms with Gasteiger partial charge in [0, 0.05) is 28.8 Å². The molecule has 1 heterocycles. The number of ether oxygens (including phenoxy) is 1. The van der Waals surface area contributed by atoms with Crippen LogP contribution in [-0.2, 0) is 4.79 Å². The van der Waals surface area contributed by atoms with Gasteiger partial charge in [0.1, 0.15) is 18.4 Å². The zero-order valence-corrected chi connectivity index (χ0v) is 17.2. The molecule has 1 aliphatic rings. The summed E-state index contributed by atoms with van der Waals surface area (Å²) in [5, 5.41) is 14.4. The van der Waals surface area contributed by atoms with Gasteiger partial charge in [-0.2, -0.15) is 0 Å². The average Bonchev–Trinajstić information content (AvgIpc) is 3.21. The quantitative estimate of drug-likeness (QED) is 0.411. The number of nitro benzene ring substituents is 1. The van der Waals surface area contributed by atoms with E-state index in [1.165, 1.54) is 23.1 Å². The van der Waals surface area contributed by atoms with Crippen molar-refractivity contribution in [3.63, 3.8) is 0 Å². The molecule has 2 amide bonds. The Morgan fingerprint density at radius 2 is 2.00 bits per heavy atom. The van der Waals surface area contributed by atoms with E-state index in [0.717, 1.165) is 6.42 Å². The van der Waals surface area contributed by atoms with Crippen LogP contribution in [0.15, 0.2) is 42.5 Å². The van der Waals surface area contributed by atoms with Crippen LogP contribution >= 0.6 is 11.6 Å². The summed E-state index contributed by atoms with van der Waals surface area (Å²) in [6.45, 7) is 2.64. The third-order valence-corrected chi connectivity index (χ3v) is 5.19. The van der Waals surface area contributed by atoms with Crippen LogP contribution in [0.1, 0.15) is 28.8 Å². The number of hydrogen-bond donors (Lipinski definition) is 1. The number of nitrogens with zero attached hydrogens (tertiary/aromatic N) is 2. The van der Waals surface area contributed by atoms with Gasteiger partial charge in [0.15, 0.2) is 0 Å². The molecule has 0 saturated carbocycles. The van der Waals surface area contributed by atoms with Crippen molar-refractivity contribution < 1.29 is 19.2 Å². The maximum Gasteiger partial charge on any atom is 0.272 e. The number of carbonyl (C=O) groups excluding carboxylic acids is 2. The first-order valence-corrected chi connectivity index (χ1v) is 9.96. The zero-order valence-electron chi connectivity index (χ0n) is 16.5. The molecule has 30 heavy (non-hydrogen) atoms. The number of benzene rings is 2. The van der Waals surface area contributed by atoms with E-state index in [2.05, 4.69) is 5.32 Å². The number of halogens is 1. The van der Waals surface area contributed by atoms with Gasteiger partial charge in [0.2, 0.25) is 5.91 Å². The molecule has 8 nitrogen and oxygen atoms in total. The van der Waals surface area contributed by atoms with Crippen LogP contribution in [0.2, 0.25) is 5.02 Å². The lowest BCUT2D eigenvalue weighted by atomic mass is 10.1. The van der Waals surface area contributed by atoms with Crippen molar-refractivity contribution in [3.8, 4) is 5.75 Å². The van der Waals surface area contributed by atoms with Gasteiger partial charge in [0.05, 0.1) is 11.5 Å². The van der Waals surface area contributed by atoms with Crippen LogP contribution in [0.25, 0.3) is 0 Å². The fourth-order valence-electron chi connectivity index (χ4n) is 3.43. The fourth-order valence-corrected chi connectivity index (χ4v) is 3.56. The molecule has 2 aromatic rings. The molecule has 158 valence electrons. The summed E-state index contributed by atoms with van der Waals surface area (Å²) < 4.78 is 5.55. The second-order valence-corrected chi connectivity index (χ2v) is 7.44. The number of hydrogen-bond acceptors (Lipinski definition) is 5. The molecule has 0 aromatic heterocycles. The molecule has 1 N–H and O–H groups in total. The minimum Gasteiger partial charge on any atom is -0.492 e. The van der Waals surface area contributed by atoms with Crippen molar-refractivity contribution in [2.75, 3.05) is 19.7 Å². The lowest BCUT2D eigenvalue weighted by Gasteiger charge is -2.24. The first kappa shape index (κ1) is 21.6. The summed E-state index contributed by atoms with van der Waals surface area (Å²) in [7, 11) is 0. The Bertz CT molecular complexity index is 948. The van der Waals surface area contributed by atoms with Crippen LogP contribution in [0.3, 0.4) is 0 Å². The van der Waals surface area contributed by atoms with E-state index < -0.39 is 11.0 Å². The highest BCUT2D eigenvalue weighted by Gasteiger charge is 2.34. The highest BCUT2D eigenvalue weighted by atomic mass is 35.5. The van der Waals surface area contributed by atoms with Crippen LogP contribution < -0.4 is 10.1 Å².